The van der Waals surface area contributed by atoms with E-state index in [4.69, 9.17) is 9.47 Å². The number of methoxy groups -OCH3 is 1. The Morgan fingerprint density at radius 3 is 2.43 bits per heavy atom. The molecule has 0 atom stereocenters. The molecule has 3 heterocycles. The molecule has 10 heteroatoms. The SMILES string of the molecule is COc1cc(-n2ccc3nc(-c4ccc(C(F)(F)F)cc4)sc3c2=O)ccc1OC1(C2CCC2)CNC1. The number of alkyl halides is 3. The second-order valence-corrected chi connectivity index (χ2v) is 10.5. The molecule has 0 spiro atoms. The van der Waals surface area contributed by atoms with Crippen molar-refractivity contribution in [3.8, 4) is 27.8 Å². The van der Waals surface area contributed by atoms with Gasteiger partial charge in [0.15, 0.2) is 11.5 Å². The van der Waals surface area contributed by atoms with Crippen LogP contribution in [0.2, 0.25) is 0 Å². The smallest absolute Gasteiger partial charge is 0.416 e. The summed E-state index contributed by atoms with van der Waals surface area (Å²) in [7, 11) is 1.58. The number of halogens is 3. The lowest BCUT2D eigenvalue weighted by Crippen LogP contribution is -2.68. The van der Waals surface area contributed by atoms with Crippen molar-refractivity contribution in [2.45, 2.75) is 31.0 Å². The lowest BCUT2D eigenvalue weighted by atomic mass is 9.70. The predicted octanol–water partition coefficient (Wildman–Crippen LogP) is 5.66. The Morgan fingerprint density at radius 1 is 1.08 bits per heavy atom. The fourth-order valence-electron chi connectivity index (χ4n) is 4.91. The van der Waals surface area contributed by atoms with Crippen LogP contribution in [0.1, 0.15) is 24.8 Å². The summed E-state index contributed by atoms with van der Waals surface area (Å²) in [6, 6.07) is 11.9. The summed E-state index contributed by atoms with van der Waals surface area (Å²) >= 11 is 1.15. The highest BCUT2D eigenvalue weighted by Crippen LogP contribution is 2.43. The normalized spacial score (nSPS) is 17.3. The van der Waals surface area contributed by atoms with E-state index in [-0.39, 0.29) is 11.2 Å². The van der Waals surface area contributed by atoms with Crippen LogP contribution in [0.3, 0.4) is 0 Å². The Hall–Kier alpha value is -3.37. The average Bonchev–Trinajstić information content (AvgIpc) is 3.27. The van der Waals surface area contributed by atoms with E-state index in [1.54, 1.807) is 25.4 Å². The number of aromatic nitrogens is 2. The number of nitrogens with zero attached hydrogens (tertiary/aromatic N) is 2. The van der Waals surface area contributed by atoms with Crippen LogP contribution in [-0.4, -0.2) is 35.4 Å². The largest absolute Gasteiger partial charge is 0.493 e. The number of pyridine rings is 1. The van der Waals surface area contributed by atoms with Crippen molar-refractivity contribution >= 4 is 21.6 Å². The molecule has 1 saturated carbocycles. The summed E-state index contributed by atoms with van der Waals surface area (Å²) < 4.78 is 52.8. The van der Waals surface area contributed by atoms with Gasteiger partial charge in [-0.3, -0.25) is 9.36 Å². The molecular formula is C27H24F3N3O3S. The Morgan fingerprint density at radius 2 is 1.84 bits per heavy atom. The fraction of sp³-hybridized carbons (Fsp3) is 0.333. The lowest BCUT2D eigenvalue weighted by molar-refractivity contribution is -0.137. The van der Waals surface area contributed by atoms with E-state index in [9.17, 15) is 18.0 Å². The molecule has 2 aromatic carbocycles. The van der Waals surface area contributed by atoms with Crippen molar-refractivity contribution < 1.29 is 22.6 Å². The van der Waals surface area contributed by atoms with Gasteiger partial charge in [-0.1, -0.05) is 18.6 Å². The third-order valence-electron chi connectivity index (χ3n) is 7.34. The van der Waals surface area contributed by atoms with E-state index in [0.29, 0.717) is 43.9 Å². The van der Waals surface area contributed by atoms with Crippen molar-refractivity contribution in [3.05, 3.63) is 70.6 Å². The number of nitrogens with one attached hydrogen (secondary N) is 1. The van der Waals surface area contributed by atoms with Crippen molar-refractivity contribution in [2.24, 2.45) is 5.92 Å². The first-order chi connectivity index (χ1) is 17.8. The van der Waals surface area contributed by atoms with Gasteiger partial charge in [0.1, 0.15) is 15.3 Å². The van der Waals surface area contributed by atoms with Gasteiger partial charge in [-0.05, 0) is 43.2 Å². The highest BCUT2D eigenvalue weighted by Gasteiger charge is 2.49. The van der Waals surface area contributed by atoms with Crippen LogP contribution in [-0.2, 0) is 6.18 Å². The second-order valence-electron chi connectivity index (χ2n) is 9.53. The van der Waals surface area contributed by atoms with Crippen molar-refractivity contribution in [3.63, 3.8) is 0 Å². The number of rotatable bonds is 6. The zero-order chi connectivity index (χ0) is 25.8. The van der Waals surface area contributed by atoms with Gasteiger partial charge in [-0.15, -0.1) is 11.3 Å². The molecule has 0 amide bonds. The van der Waals surface area contributed by atoms with Crippen LogP contribution in [0.5, 0.6) is 11.5 Å². The molecule has 4 aromatic rings. The molecule has 1 aliphatic heterocycles. The summed E-state index contributed by atoms with van der Waals surface area (Å²) in [4.78, 5) is 17.8. The maximum absolute atomic E-state index is 13.4. The fourth-order valence-corrected chi connectivity index (χ4v) is 5.90. The maximum atomic E-state index is 13.4. The first kappa shape index (κ1) is 24.0. The molecule has 2 fully saturated rings. The molecule has 192 valence electrons. The number of hydrogen-bond acceptors (Lipinski definition) is 6. The lowest BCUT2D eigenvalue weighted by Gasteiger charge is -2.51. The Labute approximate surface area is 214 Å². The zero-order valence-corrected chi connectivity index (χ0v) is 20.8. The molecular weight excluding hydrogens is 503 g/mol. The Balaban J connectivity index is 1.31. The Bertz CT molecular complexity index is 1520. The maximum Gasteiger partial charge on any atom is 0.416 e. The van der Waals surface area contributed by atoms with Crippen LogP contribution < -0.4 is 20.3 Å². The number of fused-ring (bicyclic) bond motifs is 1. The molecule has 2 aromatic heterocycles. The topological polar surface area (TPSA) is 65.4 Å². The molecule has 1 saturated heterocycles. The highest BCUT2D eigenvalue weighted by atomic mass is 32.1. The number of ether oxygens (including phenoxy) is 2. The van der Waals surface area contributed by atoms with E-state index < -0.39 is 11.7 Å². The standard InChI is InChI=1S/C27H24F3N3O3S/c1-35-22-13-19(9-10-21(22)36-26(14-31-15-26)17-3-2-4-17)33-12-11-20-23(25(33)34)37-24(32-20)16-5-7-18(8-6-16)27(28,29)30/h5-13,17,31H,2-4,14-15H2,1H3. The summed E-state index contributed by atoms with van der Waals surface area (Å²) in [6.45, 7) is 1.62. The van der Waals surface area contributed by atoms with Gasteiger partial charge in [0.2, 0.25) is 0 Å². The number of thiazole rings is 1. The number of benzene rings is 2. The molecule has 1 N–H and O–H groups in total. The van der Waals surface area contributed by atoms with Gasteiger partial charge in [0.05, 0.1) is 23.9 Å². The van der Waals surface area contributed by atoms with Crippen LogP contribution in [0.15, 0.2) is 59.5 Å². The van der Waals surface area contributed by atoms with E-state index in [2.05, 4.69) is 10.3 Å². The molecule has 2 aliphatic rings. The quantitative estimate of drug-likeness (QED) is 0.351. The zero-order valence-electron chi connectivity index (χ0n) is 20.0. The predicted molar refractivity (Wildman–Crippen MR) is 136 cm³/mol. The van der Waals surface area contributed by atoms with Gasteiger partial charge in [-0.25, -0.2) is 4.98 Å². The first-order valence-electron chi connectivity index (χ1n) is 12.1. The van der Waals surface area contributed by atoms with Gasteiger partial charge in [0, 0.05) is 36.8 Å². The molecule has 6 nitrogen and oxygen atoms in total. The molecule has 1 aliphatic carbocycles. The summed E-state index contributed by atoms with van der Waals surface area (Å²) in [5, 5.41) is 3.81. The van der Waals surface area contributed by atoms with E-state index in [0.717, 1.165) is 36.6 Å². The van der Waals surface area contributed by atoms with E-state index in [1.165, 1.54) is 36.0 Å². The first-order valence-corrected chi connectivity index (χ1v) is 12.9. The number of hydrogen-bond donors (Lipinski definition) is 1. The van der Waals surface area contributed by atoms with Crippen LogP contribution in [0, 0.1) is 5.92 Å². The Kier molecular flexibility index (Phi) is 5.76. The van der Waals surface area contributed by atoms with Gasteiger partial charge in [0.25, 0.3) is 5.56 Å². The third kappa shape index (κ3) is 4.18. The monoisotopic (exact) mass is 527 g/mol. The minimum Gasteiger partial charge on any atom is -0.493 e. The van der Waals surface area contributed by atoms with Crippen LogP contribution in [0.4, 0.5) is 13.2 Å². The molecule has 37 heavy (non-hydrogen) atoms. The van der Waals surface area contributed by atoms with Crippen molar-refractivity contribution in [2.75, 3.05) is 20.2 Å². The minimum absolute atomic E-state index is 0.208. The molecule has 0 radical (unpaired) electrons. The molecule has 0 unspecified atom stereocenters. The summed E-state index contributed by atoms with van der Waals surface area (Å²) in [5.41, 5.74) is 0.429. The van der Waals surface area contributed by atoms with Crippen molar-refractivity contribution in [1.82, 2.24) is 14.9 Å². The van der Waals surface area contributed by atoms with Gasteiger partial charge in [-0.2, -0.15) is 13.2 Å². The minimum atomic E-state index is -4.41. The van der Waals surface area contributed by atoms with Gasteiger partial charge >= 0.3 is 6.18 Å². The summed E-state index contributed by atoms with van der Waals surface area (Å²) in [6.07, 6.45) is 0.799. The molecule has 6 rings (SSSR count). The average molecular weight is 528 g/mol. The van der Waals surface area contributed by atoms with Crippen LogP contribution in [0.25, 0.3) is 26.5 Å². The highest BCUT2D eigenvalue weighted by molar-refractivity contribution is 7.21. The van der Waals surface area contributed by atoms with E-state index in [1.807, 2.05) is 12.1 Å². The second kappa shape index (κ2) is 8.88. The molecule has 0 bridgehead atoms. The van der Waals surface area contributed by atoms with E-state index >= 15 is 0 Å². The van der Waals surface area contributed by atoms with Crippen LogP contribution >= 0.6 is 11.3 Å². The summed E-state index contributed by atoms with van der Waals surface area (Å²) in [5.74, 6) is 1.73. The van der Waals surface area contributed by atoms with Gasteiger partial charge < -0.3 is 14.8 Å². The van der Waals surface area contributed by atoms with Crippen molar-refractivity contribution in [1.29, 1.82) is 0 Å². The third-order valence-corrected chi connectivity index (χ3v) is 8.45.